The van der Waals surface area contributed by atoms with Gasteiger partial charge in [0.1, 0.15) is 0 Å². The maximum atomic E-state index is 10.8. The predicted molar refractivity (Wildman–Crippen MR) is 105 cm³/mol. The Kier molecular flexibility index (Phi) is 5.29. The van der Waals surface area contributed by atoms with Crippen molar-refractivity contribution < 1.29 is 9.45 Å². The molecule has 0 aliphatic heterocycles. The minimum absolute atomic E-state index is 0.0110. The zero-order valence-corrected chi connectivity index (χ0v) is 16.1. The Morgan fingerprint density at radius 2 is 1.86 bits per heavy atom. The van der Waals surface area contributed by atoms with E-state index in [0.29, 0.717) is 29.6 Å². The second-order valence-electron chi connectivity index (χ2n) is 5.89. The van der Waals surface area contributed by atoms with Gasteiger partial charge in [-0.3, -0.25) is 15.1 Å². The summed E-state index contributed by atoms with van der Waals surface area (Å²) < 4.78 is 7.31. The maximum absolute atomic E-state index is 10.8. The predicted octanol–water partition coefficient (Wildman–Crippen LogP) is 3.61. The van der Waals surface area contributed by atoms with Crippen molar-refractivity contribution in [3.05, 3.63) is 64.8 Å². The molecule has 0 fully saturated rings. The molecule has 0 aliphatic carbocycles. The van der Waals surface area contributed by atoms with Crippen LogP contribution in [0.4, 0.5) is 5.69 Å². The summed E-state index contributed by atoms with van der Waals surface area (Å²) >= 11 is 1.44. The van der Waals surface area contributed by atoms with Crippen molar-refractivity contribution in [2.24, 2.45) is 0 Å². The Labute approximate surface area is 169 Å². The number of thioether (sulfide) groups is 1. The molecule has 0 spiro atoms. The van der Waals surface area contributed by atoms with Crippen molar-refractivity contribution in [1.82, 2.24) is 29.9 Å². The fourth-order valence-electron chi connectivity index (χ4n) is 2.68. The SMILES string of the molecule is CCn1c(SCc2nc(-c3ccc([N+](=O)[O-])cc3)no2)nnc1-c1ccncc1. The topological polar surface area (TPSA) is 126 Å². The molecule has 0 saturated carbocycles. The van der Waals surface area contributed by atoms with E-state index < -0.39 is 4.92 Å². The molecule has 0 saturated heterocycles. The van der Waals surface area contributed by atoms with E-state index >= 15 is 0 Å². The Morgan fingerprint density at radius 1 is 1.10 bits per heavy atom. The Hall–Kier alpha value is -3.60. The summed E-state index contributed by atoms with van der Waals surface area (Å²) in [6.45, 7) is 2.74. The molecule has 1 aromatic carbocycles. The van der Waals surface area contributed by atoms with Crippen LogP contribution in [0.3, 0.4) is 0 Å². The minimum Gasteiger partial charge on any atom is -0.338 e. The van der Waals surface area contributed by atoms with Gasteiger partial charge in [-0.15, -0.1) is 10.2 Å². The number of nitro benzene ring substituents is 1. The summed E-state index contributed by atoms with van der Waals surface area (Å²) in [4.78, 5) is 18.7. The first-order chi connectivity index (χ1) is 14.2. The van der Waals surface area contributed by atoms with Gasteiger partial charge in [0.05, 0.1) is 10.7 Å². The highest BCUT2D eigenvalue weighted by Gasteiger charge is 2.16. The van der Waals surface area contributed by atoms with Gasteiger partial charge in [0.25, 0.3) is 5.69 Å². The molecule has 4 aromatic rings. The van der Waals surface area contributed by atoms with Crippen LogP contribution in [0.5, 0.6) is 0 Å². The molecule has 0 bridgehead atoms. The summed E-state index contributed by atoms with van der Waals surface area (Å²) in [6, 6.07) is 9.77. The molecule has 11 heteroatoms. The average Bonchev–Trinajstić information content (AvgIpc) is 3.39. The molecule has 3 aromatic heterocycles. The average molecular weight is 409 g/mol. The van der Waals surface area contributed by atoms with Gasteiger partial charge in [0, 0.05) is 42.2 Å². The van der Waals surface area contributed by atoms with E-state index in [1.54, 1.807) is 24.5 Å². The van der Waals surface area contributed by atoms with E-state index in [9.17, 15) is 10.1 Å². The van der Waals surface area contributed by atoms with Crippen LogP contribution in [0, 0.1) is 10.1 Å². The fraction of sp³-hybridized carbons (Fsp3) is 0.167. The number of aromatic nitrogens is 6. The third-order valence-corrected chi connectivity index (χ3v) is 5.05. The number of nitro groups is 1. The standard InChI is InChI=1S/C18H15N7O3S/c1-2-24-17(13-7-9-19-10-8-13)21-22-18(24)29-11-15-20-16(23-28-15)12-3-5-14(6-4-12)25(26)27/h3-10H,2,11H2,1H3. The largest absolute Gasteiger partial charge is 0.338 e. The van der Waals surface area contributed by atoms with Gasteiger partial charge in [0.15, 0.2) is 11.0 Å². The van der Waals surface area contributed by atoms with Crippen LogP contribution in [0.2, 0.25) is 0 Å². The number of hydrogen-bond donors (Lipinski definition) is 0. The smallest absolute Gasteiger partial charge is 0.269 e. The number of nitrogens with zero attached hydrogens (tertiary/aromatic N) is 7. The monoisotopic (exact) mass is 409 g/mol. The molecule has 0 N–H and O–H groups in total. The van der Waals surface area contributed by atoms with Gasteiger partial charge in [-0.2, -0.15) is 4.98 Å². The van der Waals surface area contributed by atoms with Gasteiger partial charge < -0.3 is 9.09 Å². The lowest BCUT2D eigenvalue weighted by atomic mass is 10.2. The van der Waals surface area contributed by atoms with E-state index in [2.05, 4.69) is 25.3 Å². The molecular weight excluding hydrogens is 394 g/mol. The first kappa shape index (κ1) is 18.7. The van der Waals surface area contributed by atoms with E-state index in [-0.39, 0.29) is 5.69 Å². The van der Waals surface area contributed by atoms with Gasteiger partial charge >= 0.3 is 0 Å². The normalized spacial score (nSPS) is 10.9. The summed E-state index contributed by atoms with van der Waals surface area (Å²) in [5.74, 6) is 2.01. The van der Waals surface area contributed by atoms with Gasteiger partial charge in [-0.05, 0) is 31.2 Å². The highest BCUT2D eigenvalue weighted by atomic mass is 32.2. The van der Waals surface area contributed by atoms with Crippen molar-refractivity contribution in [2.45, 2.75) is 24.4 Å². The molecule has 0 aliphatic rings. The molecule has 0 radical (unpaired) electrons. The molecule has 29 heavy (non-hydrogen) atoms. The lowest BCUT2D eigenvalue weighted by Gasteiger charge is -2.06. The molecule has 146 valence electrons. The molecule has 0 atom stereocenters. The van der Waals surface area contributed by atoms with Crippen molar-refractivity contribution in [2.75, 3.05) is 0 Å². The van der Waals surface area contributed by atoms with Crippen molar-refractivity contribution in [1.29, 1.82) is 0 Å². The highest BCUT2D eigenvalue weighted by molar-refractivity contribution is 7.98. The molecule has 3 heterocycles. The van der Waals surface area contributed by atoms with Gasteiger partial charge in [-0.1, -0.05) is 16.9 Å². The second kappa shape index (κ2) is 8.19. The summed E-state index contributed by atoms with van der Waals surface area (Å²) in [6.07, 6.45) is 3.43. The quantitative estimate of drug-likeness (QED) is 0.255. The second-order valence-corrected chi connectivity index (χ2v) is 6.83. The number of hydrogen-bond acceptors (Lipinski definition) is 9. The number of non-ortho nitro benzene ring substituents is 1. The summed E-state index contributed by atoms with van der Waals surface area (Å²) in [5, 5.41) is 24.0. The minimum atomic E-state index is -0.452. The van der Waals surface area contributed by atoms with Crippen LogP contribution < -0.4 is 0 Å². The Morgan fingerprint density at radius 3 is 2.55 bits per heavy atom. The molecule has 4 rings (SSSR count). The van der Waals surface area contributed by atoms with Gasteiger partial charge in [0.2, 0.25) is 11.7 Å². The van der Waals surface area contributed by atoms with E-state index in [0.717, 1.165) is 16.5 Å². The van der Waals surface area contributed by atoms with E-state index in [1.807, 2.05) is 23.6 Å². The zero-order valence-electron chi connectivity index (χ0n) is 15.3. The van der Waals surface area contributed by atoms with Crippen LogP contribution in [0.15, 0.2) is 58.5 Å². The molecule has 10 nitrogen and oxygen atoms in total. The van der Waals surface area contributed by atoms with Crippen LogP contribution in [0.25, 0.3) is 22.8 Å². The number of rotatable bonds is 7. The maximum Gasteiger partial charge on any atom is 0.269 e. The van der Waals surface area contributed by atoms with Crippen LogP contribution >= 0.6 is 11.8 Å². The fourth-order valence-corrected chi connectivity index (χ4v) is 3.52. The highest BCUT2D eigenvalue weighted by Crippen LogP contribution is 2.27. The Bertz CT molecular complexity index is 1130. The van der Waals surface area contributed by atoms with Crippen LogP contribution in [0.1, 0.15) is 12.8 Å². The lowest BCUT2D eigenvalue weighted by molar-refractivity contribution is -0.384. The van der Waals surface area contributed by atoms with Gasteiger partial charge in [-0.25, -0.2) is 0 Å². The Balaban J connectivity index is 1.48. The van der Waals surface area contributed by atoms with Crippen molar-refractivity contribution in [3.63, 3.8) is 0 Å². The molecule has 0 unspecified atom stereocenters. The third-order valence-electron chi connectivity index (χ3n) is 4.10. The first-order valence-corrected chi connectivity index (χ1v) is 9.68. The summed E-state index contributed by atoms with van der Waals surface area (Å²) in [5.41, 5.74) is 1.60. The molecular formula is C18H15N7O3S. The zero-order chi connectivity index (χ0) is 20.2. The van der Waals surface area contributed by atoms with E-state index in [1.165, 1.54) is 23.9 Å². The summed E-state index contributed by atoms with van der Waals surface area (Å²) in [7, 11) is 0. The van der Waals surface area contributed by atoms with E-state index in [4.69, 9.17) is 4.52 Å². The van der Waals surface area contributed by atoms with Crippen LogP contribution in [-0.2, 0) is 12.3 Å². The number of benzene rings is 1. The first-order valence-electron chi connectivity index (χ1n) is 8.69. The molecule has 0 amide bonds. The van der Waals surface area contributed by atoms with Crippen molar-refractivity contribution in [3.8, 4) is 22.8 Å². The lowest BCUT2D eigenvalue weighted by Crippen LogP contribution is -2.00. The number of pyridine rings is 1. The van der Waals surface area contributed by atoms with Crippen LogP contribution in [-0.4, -0.2) is 34.8 Å². The van der Waals surface area contributed by atoms with Crippen molar-refractivity contribution >= 4 is 17.4 Å². The third kappa shape index (κ3) is 3.99.